The monoisotopic (exact) mass is 426 g/mol. The van der Waals surface area contributed by atoms with Crippen molar-refractivity contribution in [2.45, 2.75) is 30.7 Å². The maximum absolute atomic E-state index is 10.3. The van der Waals surface area contributed by atoms with Crippen molar-refractivity contribution in [2.24, 2.45) is 0 Å². The van der Waals surface area contributed by atoms with Crippen LogP contribution in [0.3, 0.4) is 0 Å². The first-order valence-corrected chi connectivity index (χ1v) is 10.8. The molecule has 0 aliphatic carbocycles. The van der Waals surface area contributed by atoms with Crippen molar-refractivity contribution >= 4 is 34.0 Å². The molecule has 0 aromatic carbocycles. The number of hydrogen-bond acceptors (Lipinski definition) is 9. The van der Waals surface area contributed by atoms with Gasteiger partial charge in [0.2, 0.25) is 6.29 Å². The third kappa shape index (κ3) is 3.69. The first-order valence-electron chi connectivity index (χ1n) is 8.27. The van der Waals surface area contributed by atoms with Crippen molar-refractivity contribution < 1.29 is 29.9 Å². The Morgan fingerprint density at radius 3 is 2.26 bits per heavy atom. The Kier molecular flexibility index (Phi) is 5.62. The van der Waals surface area contributed by atoms with Crippen LogP contribution in [-0.2, 0) is 4.74 Å². The third-order valence-corrected chi connectivity index (χ3v) is 7.53. The van der Waals surface area contributed by atoms with Crippen LogP contribution in [0.25, 0.3) is 19.5 Å². The van der Waals surface area contributed by atoms with Crippen molar-refractivity contribution in [2.75, 3.05) is 6.61 Å². The molecule has 3 aromatic heterocycles. The Labute approximate surface area is 167 Å². The van der Waals surface area contributed by atoms with Crippen LogP contribution in [-0.4, -0.2) is 57.7 Å². The largest absolute Gasteiger partial charge is 0.460 e. The summed E-state index contributed by atoms with van der Waals surface area (Å²) in [5, 5.41) is 43.5. The Hall–Kier alpha value is -1.30. The molecule has 0 unspecified atom stereocenters. The van der Waals surface area contributed by atoms with Crippen LogP contribution >= 0.6 is 34.0 Å². The summed E-state index contributed by atoms with van der Waals surface area (Å²) in [7, 11) is 0. The molecular formula is C18H18O6S3. The molecule has 9 heteroatoms. The predicted octanol–water partition coefficient (Wildman–Crippen LogP) is 2.38. The van der Waals surface area contributed by atoms with E-state index in [2.05, 4.69) is 0 Å². The van der Waals surface area contributed by atoms with E-state index in [-0.39, 0.29) is 0 Å². The second kappa shape index (κ2) is 7.98. The van der Waals surface area contributed by atoms with E-state index in [4.69, 9.17) is 9.47 Å². The summed E-state index contributed by atoms with van der Waals surface area (Å²) < 4.78 is 11.4. The lowest BCUT2D eigenvalue weighted by atomic mass is 9.99. The number of ether oxygens (including phenoxy) is 2. The van der Waals surface area contributed by atoms with Crippen LogP contribution < -0.4 is 4.74 Å². The van der Waals surface area contributed by atoms with Gasteiger partial charge in [-0.15, -0.1) is 34.0 Å². The van der Waals surface area contributed by atoms with E-state index in [1.54, 1.807) is 34.0 Å². The molecular weight excluding hydrogens is 408 g/mol. The molecule has 1 aliphatic heterocycles. The highest BCUT2D eigenvalue weighted by Gasteiger charge is 2.45. The molecule has 5 atom stereocenters. The summed E-state index contributed by atoms with van der Waals surface area (Å²) in [4.78, 5) is 4.03. The van der Waals surface area contributed by atoms with Gasteiger partial charge in [0, 0.05) is 20.7 Å². The highest BCUT2D eigenvalue weighted by atomic mass is 32.1. The highest BCUT2D eigenvalue weighted by Crippen LogP contribution is 2.46. The lowest BCUT2D eigenvalue weighted by molar-refractivity contribution is -0.277. The maximum atomic E-state index is 10.3. The van der Waals surface area contributed by atoms with Crippen molar-refractivity contribution in [3.63, 3.8) is 0 Å². The van der Waals surface area contributed by atoms with E-state index in [1.807, 2.05) is 41.1 Å². The Bertz CT molecular complexity index is 858. The second-order valence-electron chi connectivity index (χ2n) is 6.07. The van der Waals surface area contributed by atoms with Crippen LogP contribution in [0, 0.1) is 0 Å². The lowest BCUT2D eigenvalue weighted by Crippen LogP contribution is -2.60. The topological polar surface area (TPSA) is 99.4 Å². The van der Waals surface area contributed by atoms with Crippen LogP contribution in [0.2, 0.25) is 0 Å². The van der Waals surface area contributed by atoms with Gasteiger partial charge < -0.3 is 29.9 Å². The zero-order chi connectivity index (χ0) is 19.0. The fourth-order valence-corrected chi connectivity index (χ4v) is 5.65. The van der Waals surface area contributed by atoms with E-state index in [9.17, 15) is 20.4 Å². The van der Waals surface area contributed by atoms with E-state index >= 15 is 0 Å². The number of aliphatic hydroxyl groups is 4. The maximum Gasteiger partial charge on any atom is 0.229 e. The molecule has 0 radical (unpaired) electrons. The Balaban J connectivity index is 1.66. The van der Waals surface area contributed by atoms with Crippen molar-refractivity contribution in [1.29, 1.82) is 0 Å². The molecule has 0 bridgehead atoms. The van der Waals surface area contributed by atoms with E-state index in [0.29, 0.717) is 5.75 Å². The Morgan fingerprint density at radius 1 is 0.926 bits per heavy atom. The van der Waals surface area contributed by atoms with Crippen LogP contribution in [0.4, 0.5) is 0 Å². The minimum absolute atomic E-state index is 0.493. The van der Waals surface area contributed by atoms with Gasteiger partial charge in [0.15, 0.2) is 0 Å². The molecule has 6 nitrogen and oxygen atoms in total. The average Bonchev–Trinajstić information content (AvgIpc) is 3.42. The van der Waals surface area contributed by atoms with Gasteiger partial charge in [0.05, 0.1) is 11.5 Å². The van der Waals surface area contributed by atoms with Crippen LogP contribution in [0.1, 0.15) is 0 Å². The summed E-state index contributed by atoms with van der Waals surface area (Å²) in [5.74, 6) is 0.523. The van der Waals surface area contributed by atoms with Gasteiger partial charge in [0.1, 0.15) is 30.2 Å². The van der Waals surface area contributed by atoms with Crippen LogP contribution in [0.15, 0.2) is 41.1 Å². The summed E-state index contributed by atoms with van der Waals surface area (Å²) in [5.41, 5.74) is 0. The number of aliphatic hydroxyl groups excluding tert-OH is 4. The Morgan fingerprint density at radius 2 is 1.63 bits per heavy atom. The molecule has 0 spiro atoms. The quantitative estimate of drug-likeness (QED) is 0.500. The fraction of sp³-hybridized carbons (Fsp3) is 0.333. The summed E-state index contributed by atoms with van der Waals surface area (Å²) in [6.45, 7) is -0.493. The minimum Gasteiger partial charge on any atom is -0.460 e. The standard InChI is InChI=1S/C18H18O6S3/c19-8-10-14(20)15(21)16(22)18(24-10)23-9-7-13(11-3-1-5-25-11)27-17(9)12-4-2-6-26-12/h1-7,10,14-16,18-22H,8H2/t10-,14-,15+,16-,18-/m1/s1. The molecule has 3 aromatic rings. The summed E-state index contributed by atoms with van der Waals surface area (Å²) >= 11 is 4.76. The molecule has 0 amide bonds. The van der Waals surface area contributed by atoms with Gasteiger partial charge in [0.25, 0.3) is 0 Å². The summed E-state index contributed by atoms with van der Waals surface area (Å²) in [6.07, 6.45) is -6.53. The van der Waals surface area contributed by atoms with Crippen molar-refractivity contribution in [3.05, 3.63) is 41.1 Å². The van der Waals surface area contributed by atoms with E-state index in [0.717, 1.165) is 19.5 Å². The van der Waals surface area contributed by atoms with E-state index < -0.39 is 37.3 Å². The van der Waals surface area contributed by atoms with Gasteiger partial charge >= 0.3 is 0 Å². The van der Waals surface area contributed by atoms with Crippen molar-refractivity contribution in [3.8, 4) is 25.3 Å². The lowest BCUT2D eigenvalue weighted by Gasteiger charge is -2.39. The molecule has 4 N–H and O–H groups in total. The number of thiophene rings is 3. The molecule has 144 valence electrons. The molecule has 1 saturated heterocycles. The highest BCUT2D eigenvalue weighted by molar-refractivity contribution is 7.26. The molecule has 4 heterocycles. The van der Waals surface area contributed by atoms with Gasteiger partial charge in [-0.2, -0.15) is 0 Å². The summed E-state index contributed by atoms with van der Waals surface area (Å²) in [6, 6.07) is 9.80. The molecule has 4 rings (SSSR count). The van der Waals surface area contributed by atoms with Crippen LogP contribution in [0.5, 0.6) is 5.75 Å². The molecule has 1 aliphatic rings. The molecule has 1 fully saturated rings. The number of hydrogen-bond donors (Lipinski definition) is 4. The SMILES string of the molecule is OC[C@H]1O[C@@H](Oc2cc(-c3cccs3)sc2-c2cccs2)[C@H](O)[C@@H](O)[C@@H]1O. The smallest absolute Gasteiger partial charge is 0.229 e. The van der Waals surface area contributed by atoms with Gasteiger partial charge in [-0.25, -0.2) is 0 Å². The zero-order valence-corrected chi connectivity index (χ0v) is 16.4. The zero-order valence-electron chi connectivity index (χ0n) is 14.0. The van der Waals surface area contributed by atoms with E-state index in [1.165, 1.54) is 0 Å². The first-order chi connectivity index (χ1) is 13.1. The first kappa shape index (κ1) is 19.0. The molecule has 0 saturated carbocycles. The predicted molar refractivity (Wildman–Crippen MR) is 105 cm³/mol. The third-order valence-electron chi connectivity index (χ3n) is 4.30. The fourth-order valence-electron chi connectivity index (χ4n) is 2.87. The van der Waals surface area contributed by atoms with Gasteiger partial charge in [-0.3, -0.25) is 0 Å². The molecule has 27 heavy (non-hydrogen) atoms. The van der Waals surface area contributed by atoms with Crippen molar-refractivity contribution in [1.82, 2.24) is 0 Å². The number of rotatable bonds is 5. The van der Waals surface area contributed by atoms with Gasteiger partial charge in [-0.05, 0) is 22.9 Å². The minimum atomic E-state index is -1.47. The van der Waals surface area contributed by atoms with Gasteiger partial charge in [-0.1, -0.05) is 12.1 Å². The second-order valence-corrected chi connectivity index (χ2v) is 9.02. The normalized spacial score (nSPS) is 28.4. The average molecular weight is 427 g/mol.